The van der Waals surface area contributed by atoms with E-state index in [1.54, 1.807) is 18.2 Å². The van der Waals surface area contributed by atoms with Gasteiger partial charge >= 0.3 is 0 Å². The van der Waals surface area contributed by atoms with Gasteiger partial charge in [-0.05, 0) is 24.1 Å². The van der Waals surface area contributed by atoms with E-state index in [1.807, 2.05) is 6.07 Å². The lowest BCUT2D eigenvalue weighted by molar-refractivity contribution is 0.411. The molecule has 68 valence electrons. The minimum atomic E-state index is 0.118. The van der Waals surface area contributed by atoms with Crippen LogP contribution in [0.2, 0.25) is 0 Å². The van der Waals surface area contributed by atoms with Gasteiger partial charge in [-0.15, -0.1) is 6.58 Å². The molecule has 0 aliphatic heterocycles. The second-order valence-corrected chi connectivity index (χ2v) is 2.58. The van der Waals surface area contributed by atoms with Crippen LogP contribution in [0.1, 0.15) is 5.56 Å². The molecule has 2 heteroatoms. The van der Waals surface area contributed by atoms with Crippen molar-refractivity contribution in [2.75, 3.05) is 0 Å². The average Bonchev–Trinajstić information content (AvgIpc) is 2.12. The molecule has 0 saturated heterocycles. The van der Waals surface area contributed by atoms with E-state index in [-0.39, 0.29) is 5.75 Å². The van der Waals surface area contributed by atoms with Gasteiger partial charge < -0.3 is 9.84 Å². The maximum absolute atomic E-state index is 9.34. The van der Waals surface area contributed by atoms with E-state index >= 15 is 0 Å². The number of hydrogen-bond acceptors (Lipinski definition) is 2. The third kappa shape index (κ3) is 2.37. The molecule has 0 aliphatic carbocycles. The molecule has 1 aromatic carbocycles. The van der Waals surface area contributed by atoms with Crippen molar-refractivity contribution in [2.45, 2.75) is 6.42 Å². The molecule has 0 aromatic heterocycles. The van der Waals surface area contributed by atoms with Gasteiger partial charge in [0.25, 0.3) is 0 Å². The maximum Gasteiger partial charge on any atom is 0.168 e. The monoisotopic (exact) mass is 176 g/mol. The van der Waals surface area contributed by atoms with Gasteiger partial charge in [-0.25, -0.2) is 0 Å². The van der Waals surface area contributed by atoms with E-state index in [9.17, 15) is 5.11 Å². The van der Waals surface area contributed by atoms with Gasteiger partial charge in [0, 0.05) is 0 Å². The number of ether oxygens (including phenoxy) is 1. The van der Waals surface area contributed by atoms with E-state index in [4.69, 9.17) is 4.74 Å². The average molecular weight is 176 g/mol. The fourth-order valence-electron chi connectivity index (χ4n) is 1.04. The van der Waals surface area contributed by atoms with E-state index in [0.717, 1.165) is 12.0 Å². The Hall–Kier alpha value is -1.70. The number of hydrogen-bond donors (Lipinski definition) is 1. The Morgan fingerprint density at radius 1 is 1.38 bits per heavy atom. The lowest BCUT2D eigenvalue weighted by atomic mass is 10.1. The topological polar surface area (TPSA) is 29.5 Å². The normalized spacial score (nSPS) is 9.23. The third-order valence-electron chi connectivity index (χ3n) is 1.61. The molecule has 2 nitrogen and oxygen atoms in total. The zero-order valence-electron chi connectivity index (χ0n) is 7.36. The van der Waals surface area contributed by atoms with E-state index in [0.29, 0.717) is 5.75 Å². The van der Waals surface area contributed by atoms with Crippen molar-refractivity contribution < 1.29 is 9.84 Å². The molecular formula is C11H12O2. The first-order chi connectivity index (χ1) is 6.27. The summed E-state index contributed by atoms with van der Waals surface area (Å²) >= 11 is 0. The molecule has 1 N–H and O–H groups in total. The molecule has 0 aliphatic rings. The Kier molecular flexibility index (Phi) is 3.15. The van der Waals surface area contributed by atoms with Crippen LogP contribution in [0.4, 0.5) is 0 Å². The van der Waals surface area contributed by atoms with Crippen LogP contribution in [0.25, 0.3) is 0 Å². The van der Waals surface area contributed by atoms with Crippen LogP contribution < -0.4 is 4.74 Å². The highest BCUT2D eigenvalue weighted by molar-refractivity contribution is 5.42. The zero-order chi connectivity index (χ0) is 9.68. The molecule has 0 spiro atoms. The molecule has 1 aromatic rings. The summed E-state index contributed by atoms with van der Waals surface area (Å²) in [5, 5.41) is 9.34. The Morgan fingerprint density at radius 3 is 2.77 bits per heavy atom. The second kappa shape index (κ2) is 4.36. The summed E-state index contributed by atoms with van der Waals surface area (Å²) in [7, 11) is 0. The highest BCUT2D eigenvalue weighted by Crippen LogP contribution is 2.27. The molecule has 0 atom stereocenters. The van der Waals surface area contributed by atoms with Gasteiger partial charge in [-0.1, -0.05) is 18.7 Å². The van der Waals surface area contributed by atoms with E-state index < -0.39 is 0 Å². The molecule has 13 heavy (non-hydrogen) atoms. The van der Waals surface area contributed by atoms with Crippen molar-refractivity contribution >= 4 is 0 Å². The maximum atomic E-state index is 9.34. The largest absolute Gasteiger partial charge is 0.504 e. The quantitative estimate of drug-likeness (QED) is 0.564. The summed E-state index contributed by atoms with van der Waals surface area (Å²) in [5.41, 5.74) is 1.05. The summed E-state index contributed by atoms with van der Waals surface area (Å²) in [6.07, 6.45) is 3.84. The summed E-state index contributed by atoms with van der Waals surface area (Å²) in [4.78, 5) is 0. The smallest absolute Gasteiger partial charge is 0.168 e. The molecule has 0 bridgehead atoms. The van der Waals surface area contributed by atoms with Crippen LogP contribution in [0.15, 0.2) is 43.7 Å². The van der Waals surface area contributed by atoms with Gasteiger partial charge in [0.15, 0.2) is 11.5 Å². The number of allylic oxidation sites excluding steroid dienone is 1. The zero-order valence-corrected chi connectivity index (χ0v) is 7.36. The SMILES string of the molecule is C=CCc1ccc(O)c(OC=C)c1. The highest BCUT2D eigenvalue weighted by atomic mass is 16.5. The van der Waals surface area contributed by atoms with Crippen LogP contribution in [-0.2, 0) is 6.42 Å². The predicted octanol–water partition coefficient (Wildman–Crippen LogP) is 2.64. The summed E-state index contributed by atoms with van der Waals surface area (Å²) in [6, 6.07) is 5.18. The molecule has 0 heterocycles. The fraction of sp³-hybridized carbons (Fsp3) is 0.0909. The van der Waals surface area contributed by atoms with Gasteiger partial charge in [-0.3, -0.25) is 0 Å². The first-order valence-electron chi connectivity index (χ1n) is 3.98. The Balaban J connectivity index is 2.95. The molecule has 0 unspecified atom stereocenters. The van der Waals surface area contributed by atoms with Crippen LogP contribution in [0.3, 0.4) is 0 Å². The van der Waals surface area contributed by atoms with E-state index in [1.165, 1.54) is 6.26 Å². The van der Waals surface area contributed by atoms with Crippen molar-refractivity contribution in [2.24, 2.45) is 0 Å². The van der Waals surface area contributed by atoms with Gasteiger partial charge in [0.2, 0.25) is 0 Å². The molecule has 0 amide bonds. The van der Waals surface area contributed by atoms with Gasteiger partial charge in [-0.2, -0.15) is 0 Å². The van der Waals surface area contributed by atoms with E-state index in [2.05, 4.69) is 13.2 Å². The van der Waals surface area contributed by atoms with Crippen LogP contribution in [0, 0.1) is 0 Å². The first-order valence-corrected chi connectivity index (χ1v) is 3.98. The number of rotatable bonds is 4. The second-order valence-electron chi connectivity index (χ2n) is 2.58. The van der Waals surface area contributed by atoms with Crippen molar-refractivity contribution in [1.29, 1.82) is 0 Å². The molecule has 0 saturated carbocycles. The lowest BCUT2D eigenvalue weighted by Crippen LogP contribution is -1.85. The van der Waals surface area contributed by atoms with Gasteiger partial charge in [0.1, 0.15) is 0 Å². The minimum Gasteiger partial charge on any atom is -0.504 e. The predicted molar refractivity (Wildman–Crippen MR) is 52.8 cm³/mol. The van der Waals surface area contributed by atoms with Crippen LogP contribution >= 0.6 is 0 Å². The molecule has 1 rings (SSSR count). The summed E-state index contributed by atoms with van der Waals surface area (Å²) in [5.74, 6) is 0.544. The minimum absolute atomic E-state index is 0.118. The highest BCUT2D eigenvalue weighted by Gasteiger charge is 2.01. The first kappa shape index (κ1) is 9.39. The van der Waals surface area contributed by atoms with Crippen molar-refractivity contribution in [3.63, 3.8) is 0 Å². The number of phenols is 1. The number of aromatic hydroxyl groups is 1. The summed E-state index contributed by atoms with van der Waals surface area (Å²) in [6.45, 7) is 7.05. The standard InChI is InChI=1S/C11H12O2/c1-3-5-9-6-7-10(12)11(8-9)13-4-2/h3-4,6-8,12H,1-2,5H2. The van der Waals surface area contributed by atoms with Crippen molar-refractivity contribution in [3.05, 3.63) is 49.3 Å². The Morgan fingerprint density at radius 2 is 2.15 bits per heavy atom. The molecular weight excluding hydrogens is 164 g/mol. The number of phenolic OH excluding ortho intramolecular Hbond substituents is 1. The van der Waals surface area contributed by atoms with Crippen LogP contribution in [0.5, 0.6) is 11.5 Å². The fourth-order valence-corrected chi connectivity index (χ4v) is 1.04. The van der Waals surface area contributed by atoms with Crippen molar-refractivity contribution in [3.8, 4) is 11.5 Å². The van der Waals surface area contributed by atoms with Crippen LogP contribution in [-0.4, -0.2) is 5.11 Å². The van der Waals surface area contributed by atoms with Crippen molar-refractivity contribution in [1.82, 2.24) is 0 Å². The Bertz CT molecular complexity index is 316. The Labute approximate surface area is 77.8 Å². The molecule has 0 radical (unpaired) electrons. The lowest BCUT2D eigenvalue weighted by Gasteiger charge is -2.04. The third-order valence-corrected chi connectivity index (χ3v) is 1.61. The number of benzene rings is 1. The van der Waals surface area contributed by atoms with Gasteiger partial charge in [0.05, 0.1) is 6.26 Å². The molecule has 0 fully saturated rings. The summed E-state index contributed by atoms with van der Waals surface area (Å²) < 4.78 is 5.00.